The van der Waals surface area contributed by atoms with Crippen LogP contribution in [0.5, 0.6) is 5.75 Å². The molecule has 2 saturated heterocycles. The normalized spacial score (nSPS) is 19.0. The molecular formula is C31H31F2N5O4. The van der Waals surface area contributed by atoms with Gasteiger partial charge in [-0.2, -0.15) is 0 Å². The molecule has 2 aliphatic rings. The number of hydrazine groups is 1. The monoisotopic (exact) mass is 575 g/mol. The SMILES string of the molecule is C=CCN1CC(=O)N2[C@@H](Cc3ccc(O)c(F)c3)C(=O)N(Cc3ccc(F)cc3)C[C@@H]2N1C(=O)NCc1ccccc1. The highest BCUT2D eigenvalue weighted by molar-refractivity contribution is 5.91. The average Bonchev–Trinajstić information content (AvgIpc) is 2.97. The van der Waals surface area contributed by atoms with Gasteiger partial charge in [0.25, 0.3) is 0 Å². The number of carbonyl (C=O) groups excluding carboxylic acids is 3. The number of phenolic OH excluding ortho intramolecular Hbond substituents is 1. The lowest BCUT2D eigenvalue weighted by Gasteiger charge is -2.55. The first-order valence-electron chi connectivity index (χ1n) is 13.5. The minimum absolute atomic E-state index is 0.00517. The van der Waals surface area contributed by atoms with Crippen LogP contribution in [0.25, 0.3) is 0 Å². The number of rotatable bonds is 8. The van der Waals surface area contributed by atoms with Crippen molar-refractivity contribution in [3.05, 3.63) is 114 Å². The van der Waals surface area contributed by atoms with Crippen LogP contribution in [0.1, 0.15) is 16.7 Å². The van der Waals surface area contributed by atoms with Gasteiger partial charge in [-0.25, -0.2) is 23.6 Å². The van der Waals surface area contributed by atoms with E-state index in [2.05, 4.69) is 11.9 Å². The zero-order valence-electron chi connectivity index (χ0n) is 22.8. The summed E-state index contributed by atoms with van der Waals surface area (Å²) >= 11 is 0. The van der Waals surface area contributed by atoms with E-state index < -0.39 is 35.6 Å². The van der Waals surface area contributed by atoms with E-state index in [1.165, 1.54) is 39.1 Å². The largest absolute Gasteiger partial charge is 0.505 e. The van der Waals surface area contributed by atoms with Gasteiger partial charge in [-0.05, 0) is 41.0 Å². The number of benzene rings is 3. The van der Waals surface area contributed by atoms with E-state index in [0.29, 0.717) is 11.1 Å². The Labute approximate surface area is 242 Å². The summed E-state index contributed by atoms with van der Waals surface area (Å²) in [6, 6.07) is 17.4. The summed E-state index contributed by atoms with van der Waals surface area (Å²) in [6.45, 7) is 4.15. The van der Waals surface area contributed by atoms with Crippen molar-refractivity contribution in [3.63, 3.8) is 0 Å². The van der Waals surface area contributed by atoms with E-state index in [0.717, 1.165) is 11.6 Å². The second-order valence-electron chi connectivity index (χ2n) is 10.3. The molecule has 3 aromatic carbocycles. The van der Waals surface area contributed by atoms with Crippen molar-refractivity contribution < 1.29 is 28.3 Å². The number of hydrogen-bond donors (Lipinski definition) is 2. The van der Waals surface area contributed by atoms with Crippen LogP contribution in [0.2, 0.25) is 0 Å². The average molecular weight is 576 g/mol. The zero-order valence-corrected chi connectivity index (χ0v) is 22.8. The van der Waals surface area contributed by atoms with Crippen molar-refractivity contribution >= 4 is 17.8 Å². The first kappa shape index (κ1) is 28.7. The Bertz CT molecular complexity index is 1470. The zero-order chi connectivity index (χ0) is 29.8. The number of piperazine rings is 1. The van der Waals surface area contributed by atoms with Gasteiger partial charge in [-0.3, -0.25) is 9.59 Å². The molecule has 2 aliphatic heterocycles. The van der Waals surface area contributed by atoms with E-state index in [1.54, 1.807) is 23.2 Å². The van der Waals surface area contributed by atoms with Crippen LogP contribution >= 0.6 is 0 Å². The van der Waals surface area contributed by atoms with Crippen molar-refractivity contribution in [1.82, 2.24) is 25.1 Å². The molecular weight excluding hydrogens is 544 g/mol. The Kier molecular flexibility index (Phi) is 8.48. The molecule has 0 aliphatic carbocycles. The van der Waals surface area contributed by atoms with Crippen molar-refractivity contribution in [1.29, 1.82) is 0 Å². The quantitative estimate of drug-likeness (QED) is 0.402. The molecule has 2 heterocycles. The van der Waals surface area contributed by atoms with Crippen molar-refractivity contribution in [2.75, 3.05) is 19.6 Å². The molecule has 0 saturated carbocycles. The minimum Gasteiger partial charge on any atom is -0.505 e. The third-order valence-electron chi connectivity index (χ3n) is 7.39. The molecule has 11 heteroatoms. The van der Waals surface area contributed by atoms with Crippen LogP contribution in [0, 0.1) is 11.6 Å². The Morgan fingerprint density at radius 1 is 1.00 bits per heavy atom. The van der Waals surface area contributed by atoms with Gasteiger partial charge >= 0.3 is 6.03 Å². The molecule has 9 nitrogen and oxygen atoms in total. The molecule has 4 amide bonds. The molecule has 218 valence electrons. The number of nitrogens with zero attached hydrogens (tertiary/aromatic N) is 4. The van der Waals surface area contributed by atoms with Gasteiger partial charge in [0.1, 0.15) is 18.0 Å². The fourth-order valence-electron chi connectivity index (χ4n) is 5.41. The molecule has 0 unspecified atom stereocenters. The second kappa shape index (κ2) is 12.4. The maximum Gasteiger partial charge on any atom is 0.334 e. The van der Waals surface area contributed by atoms with E-state index in [1.807, 2.05) is 30.3 Å². The van der Waals surface area contributed by atoms with E-state index in [4.69, 9.17) is 0 Å². The standard InChI is InChI=1S/C31H31F2N5O4/c1-2-14-36-20-29(40)37-26(16-23-10-13-27(39)25(33)15-23)30(41)35(18-22-8-11-24(32)12-9-22)19-28(37)38(36)31(42)34-17-21-6-4-3-5-7-21/h2-13,15,26,28,39H,1,14,16-20H2,(H,34,42)/t26-,28-/m0/s1. The van der Waals surface area contributed by atoms with Crippen LogP contribution in [0.4, 0.5) is 13.6 Å². The smallest absolute Gasteiger partial charge is 0.334 e. The molecule has 0 aromatic heterocycles. The fourth-order valence-corrected chi connectivity index (χ4v) is 5.41. The third-order valence-corrected chi connectivity index (χ3v) is 7.39. The van der Waals surface area contributed by atoms with Crippen LogP contribution in [-0.4, -0.2) is 74.6 Å². The minimum atomic E-state index is -1.06. The molecule has 42 heavy (non-hydrogen) atoms. The Morgan fingerprint density at radius 2 is 1.71 bits per heavy atom. The highest BCUT2D eigenvalue weighted by Gasteiger charge is 2.51. The Morgan fingerprint density at radius 3 is 2.40 bits per heavy atom. The predicted molar refractivity (Wildman–Crippen MR) is 150 cm³/mol. The van der Waals surface area contributed by atoms with Gasteiger partial charge < -0.3 is 20.2 Å². The van der Waals surface area contributed by atoms with Crippen LogP contribution in [-0.2, 0) is 29.1 Å². The molecule has 5 rings (SSSR count). The molecule has 3 aromatic rings. The van der Waals surface area contributed by atoms with Crippen molar-refractivity contribution in [3.8, 4) is 5.75 Å². The first-order chi connectivity index (χ1) is 20.2. The summed E-state index contributed by atoms with van der Waals surface area (Å²) in [4.78, 5) is 44.2. The summed E-state index contributed by atoms with van der Waals surface area (Å²) in [5, 5.41) is 15.6. The maximum atomic E-state index is 14.2. The van der Waals surface area contributed by atoms with Gasteiger partial charge in [0.05, 0.1) is 13.1 Å². The number of aromatic hydroxyl groups is 1. The van der Waals surface area contributed by atoms with Crippen LogP contribution in [0.3, 0.4) is 0 Å². The van der Waals surface area contributed by atoms with Crippen molar-refractivity contribution in [2.45, 2.75) is 31.7 Å². The van der Waals surface area contributed by atoms with E-state index in [-0.39, 0.29) is 51.0 Å². The number of carbonyl (C=O) groups is 3. The van der Waals surface area contributed by atoms with Crippen molar-refractivity contribution in [2.24, 2.45) is 0 Å². The molecule has 0 bridgehead atoms. The molecule has 0 radical (unpaired) electrons. The highest BCUT2D eigenvalue weighted by Crippen LogP contribution is 2.30. The van der Waals surface area contributed by atoms with E-state index in [9.17, 15) is 28.3 Å². The topological polar surface area (TPSA) is 96.4 Å². The fraction of sp³-hybridized carbons (Fsp3) is 0.258. The van der Waals surface area contributed by atoms with E-state index >= 15 is 0 Å². The summed E-state index contributed by atoms with van der Waals surface area (Å²) in [7, 11) is 0. The van der Waals surface area contributed by atoms with Gasteiger partial charge in [-0.1, -0.05) is 54.6 Å². The van der Waals surface area contributed by atoms with Gasteiger partial charge in [0.2, 0.25) is 11.8 Å². The lowest BCUT2D eigenvalue weighted by atomic mass is 9.98. The summed E-state index contributed by atoms with van der Waals surface area (Å²) < 4.78 is 27.8. The van der Waals surface area contributed by atoms with Gasteiger partial charge in [0, 0.05) is 26.1 Å². The number of halogens is 2. The number of hydrogen-bond acceptors (Lipinski definition) is 5. The highest BCUT2D eigenvalue weighted by atomic mass is 19.1. The maximum absolute atomic E-state index is 14.2. The lowest BCUT2D eigenvalue weighted by molar-refractivity contribution is -0.189. The van der Waals surface area contributed by atoms with Gasteiger partial charge in [0.15, 0.2) is 11.6 Å². The van der Waals surface area contributed by atoms with Gasteiger partial charge in [-0.15, -0.1) is 6.58 Å². The Balaban J connectivity index is 1.50. The molecule has 0 spiro atoms. The Hall–Kier alpha value is -4.77. The number of amides is 4. The lowest BCUT2D eigenvalue weighted by Crippen LogP contribution is -2.76. The number of fused-ring (bicyclic) bond motifs is 1. The second-order valence-corrected chi connectivity index (χ2v) is 10.3. The van der Waals surface area contributed by atoms with Crippen LogP contribution in [0.15, 0.2) is 85.5 Å². The summed E-state index contributed by atoms with van der Waals surface area (Å²) in [6.07, 6.45) is 0.660. The summed E-state index contributed by atoms with van der Waals surface area (Å²) in [5.74, 6) is -2.55. The first-order valence-corrected chi connectivity index (χ1v) is 13.5. The molecule has 2 N–H and O–H groups in total. The van der Waals surface area contributed by atoms with Crippen LogP contribution < -0.4 is 5.32 Å². The summed E-state index contributed by atoms with van der Waals surface area (Å²) in [5.41, 5.74) is 1.94. The number of nitrogens with one attached hydrogen (secondary N) is 1. The molecule has 2 atom stereocenters. The predicted octanol–water partition coefficient (Wildman–Crippen LogP) is 3.41. The number of urea groups is 1. The third kappa shape index (κ3) is 6.10. The molecule has 2 fully saturated rings. The number of phenols is 1.